The summed E-state index contributed by atoms with van der Waals surface area (Å²) in [5.41, 5.74) is 2.29. The summed E-state index contributed by atoms with van der Waals surface area (Å²) in [5, 5.41) is 5.80. The molecule has 1 aliphatic heterocycles. The van der Waals surface area contributed by atoms with E-state index in [1.54, 1.807) is 23.7 Å². The Labute approximate surface area is 189 Å². The van der Waals surface area contributed by atoms with Crippen LogP contribution in [0.15, 0.2) is 70.7 Å². The second-order valence-corrected chi connectivity index (χ2v) is 8.86. The van der Waals surface area contributed by atoms with Gasteiger partial charge in [-0.2, -0.15) is 0 Å². The van der Waals surface area contributed by atoms with E-state index in [1.165, 1.54) is 0 Å². The van der Waals surface area contributed by atoms with Gasteiger partial charge in [-0.3, -0.25) is 9.59 Å². The molecule has 0 saturated carbocycles. The number of hydrogen-bond acceptors (Lipinski definition) is 5. The van der Waals surface area contributed by atoms with Crippen LogP contribution in [0.25, 0.3) is 21.5 Å². The third kappa shape index (κ3) is 4.16. The summed E-state index contributed by atoms with van der Waals surface area (Å²) in [7, 11) is 0. The highest BCUT2D eigenvalue weighted by Crippen LogP contribution is 2.29. The first-order chi connectivity index (χ1) is 15.7. The lowest BCUT2D eigenvalue weighted by molar-refractivity contribution is -0.126. The number of carbonyl (C=O) groups excluding carboxylic acids is 2. The van der Waals surface area contributed by atoms with Crippen LogP contribution in [0.3, 0.4) is 0 Å². The third-order valence-corrected chi connectivity index (χ3v) is 6.78. The molecule has 1 aliphatic rings. The first-order valence-corrected chi connectivity index (χ1v) is 11.6. The predicted molar refractivity (Wildman–Crippen MR) is 124 cm³/mol. The number of nitrogens with one attached hydrogen (secondary N) is 1. The van der Waals surface area contributed by atoms with E-state index < -0.39 is 0 Å². The summed E-state index contributed by atoms with van der Waals surface area (Å²) in [6, 6.07) is 17.3. The smallest absolute Gasteiger partial charge is 0.254 e. The number of benzene rings is 1. The van der Waals surface area contributed by atoms with Crippen LogP contribution in [-0.2, 0) is 11.3 Å². The summed E-state index contributed by atoms with van der Waals surface area (Å²) in [6.45, 7) is 1.50. The van der Waals surface area contributed by atoms with Crippen LogP contribution in [0, 0.1) is 5.92 Å². The van der Waals surface area contributed by atoms with E-state index in [4.69, 9.17) is 9.40 Å². The molecular weight excluding hydrogens is 422 g/mol. The van der Waals surface area contributed by atoms with E-state index >= 15 is 0 Å². The van der Waals surface area contributed by atoms with E-state index in [2.05, 4.69) is 5.32 Å². The second-order valence-electron chi connectivity index (χ2n) is 7.91. The third-order valence-electron chi connectivity index (χ3n) is 5.89. The van der Waals surface area contributed by atoms with Gasteiger partial charge in [-0.05, 0) is 48.6 Å². The number of rotatable bonds is 5. The molecule has 1 aromatic carbocycles. The molecule has 162 valence electrons. The monoisotopic (exact) mass is 445 g/mol. The van der Waals surface area contributed by atoms with Crippen LogP contribution in [0.5, 0.6) is 0 Å². The molecule has 5 rings (SSSR count). The molecule has 7 heteroatoms. The number of carbonyl (C=O) groups is 2. The Morgan fingerprint density at radius 3 is 2.69 bits per heavy atom. The first-order valence-electron chi connectivity index (χ1n) is 10.7. The Kier molecular flexibility index (Phi) is 5.73. The van der Waals surface area contributed by atoms with Crippen molar-refractivity contribution in [3.8, 4) is 10.6 Å². The predicted octanol–water partition coefficient (Wildman–Crippen LogP) is 4.72. The molecule has 1 saturated heterocycles. The van der Waals surface area contributed by atoms with Crippen molar-refractivity contribution in [3.63, 3.8) is 0 Å². The zero-order valence-electron chi connectivity index (χ0n) is 17.5. The van der Waals surface area contributed by atoms with Crippen molar-refractivity contribution in [2.75, 3.05) is 13.1 Å². The Morgan fingerprint density at radius 2 is 1.94 bits per heavy atom. The van der Waals surface area contributed by atoms with Gasteiger partial charge >= 0.3 is 0 Å². The number of piperidine rings is 1. The normalized spacial score (nSPS) is 14.6. The van der Waals surface area contributed by atoms with Crippen molar-refractivity contribution in [2.24, 2.45) is 5.92 Å². The lowest BCUT2D eigenvalue weighted by Gasteiger charge is -2.31. The Hall–Kier alpha value is -3.45. The Balaban J connectivity index is 1.30. The molecular formula is C25H23N3O3S. The van der Waals surface area contributed by atoms with Crippen LogP contribution < -0.4 is 5.32 Å². The maximum Gasteiger partial charge on any atom is 0.254 e. The van der Waals surface area contributed by atoms with Crippen molar-refractivity contribution in [3.05, 3.63) is 77.6 Å². The van der Waals surface area contributed by atoms with Crippen molar-refractivity contribution in [1.82, 2.24) is 15.2 Å². The quantitative estimate of drug-likeness (QED) is 0.482. The highest BCUT2D eigenvalue weighted by Gasteiger charge is 2.29. The second kappa shape index (κ2) is 8.96. The molecule has 0 unspecified atom stereocenters. The molecule has 0 aliphatic carbocycles. The van der Waals surface area contributed by atoms with Gasteiger partial charge in [0.1, 0.15) is 5.76 Å². The standard InChI is InChI=1S/C25H23N3O3S/c29-24(26-16-18-5-3-13-31-18)17-9-11-28(12-10-17)25(30)20-15-22(23-8-4-14-32-23)27-21-7-2-1-6-19(20)21/h1-8,13-15,17H,9-12,16H2,(H,26,29). The number of hydrogen-bond donors (Lipinski definition) is 1. The summed E-state index contributed by atoms with van der Waals surface area (Å²) in [4.78, 5) is 33.7. The molecule has 0 radical (unpaired) electrons. The number of para-hydroxylation sites is 1. The molecule has 2 amide bonds. The molecule has 4 heterocycles. The van der Waals surface area contributed by atoms with E-state index in [1.807, 2.05) is 58.8 Å². The van der Waals surface area contributed by atoms with Gasteiger partial charge in [-0.25, -0.2) is 4.98 Å². The van der Waals surface area contributed by atoms with E-state index in [9.17, 15) is 9.59 Å². The average Bonchev–Trinajstić information content (AvgIpc) is 3.56. The van der Waals surface area contributed by atoms with Gasteiger partial charge in [0.25, 0.3) is 5.91 Å². The maximum absolute atomic E-state index is 13.5. The van der Waals surface area contributed by atoms with Crippen LogP contribution in [0.1, 0.15) is 29.0 Å². The van der Waals surface area contributed by atoms with E-state index in [-0.39, 0.29) is 17.7 Å². The van der Waals surface area contributed by atoms with Crippen molar-refractivity contribution < 1.29 is 14.0 Å². The molecule has 32 heavy (non-hydrogen) atoms. The van der Waals surface area contributed by atoms with Gasteiger partial charge in [0.2, 0.25) is 5.91 Å². The number of amides is 2. The van der Waals surface area contributed by atoms with Crippen LogP contribution in [-0.4, -0.2) is 34.8 Å². The molecule has 1 N–H and O–H groups in total. The lowest BCUT2D eigenvalue weighted by Crippen LogP contribution is -2.43. The van der Waals surface area contributed by atoms with Gasteiger partial charge < -0.3 is 14.6 Å². The molecule has 0 bridgehead atoms. The van der Waals surface area contributed by atoms with E-state index in [0.29, 0.717) is 38.0 Å². The van der Waals surface area contributed by atoms with Gasteiger partial charge in [-0.1, -0.05) is 24.3 Å². The zero-order valence-corrected chi connectivity index (χ0v) is 18.3. The lowest BCUT2D eigenvalue weighted by atomic mass is 9.95. The van der Waals surface area contributed by atoms with E-state index in [0.717, 1.165) is 27.2 Å². The van der Waals surface area contributed by atoms with Gasteiger partial charge in [0, 0.05) is 24.4 Å². The average molecular weight is 446 g/mol. The summed E-state index contributed by atoms with van der Waals surface area (Å²) >= 11 is 1.61. The molecule has 1 fully saturated rings. The number of furan rings is 1. The van der Waals surface area contributed by atoms with Gasteiger partial charge in [0.05, 0.1) is 34.5 Å². The van der Waals surface area contributed by atoms with Crippen LogP contribution in [0.4, 0.5) is 0 Å². The zero-order chi connectivity index (χ0) is 21.9. The van der Waals surface area contributed by atoms with Crippen LogP contribution in [0.2, 0.25) is 0 Å². The SMILES string of the molecule is O=C(NCc1ccco1)C1CCN(C(=O)c2cc(-c3cccs3)nc3ccccc23)CC1. The maximum atomic E-state index is 13.5. The summed E-state index contributed by atoms with van der Waals surface area (Å²) < 4.78 is 5.27. The molecule has 4 aromatic rings. The minimum Gasteiger partial charge on any atom is -0.467 e. The molecule has 3 aromatic heterocycles. The van der Waals surface area contributed by atoms with Crippen molar-refractivity contribution in [2.45, 2.75) is 19.4 Å². The Morgan fingerprint density at radius 1 is 1.09 bits per heavy atom. The topological polar surface area (TPSA) is 75.4 Å². The highest BCUT2D eigenvalue weighted by atomic mass is 32.1. The highest BCUT2D eigenvalue weighted by molar-refractivity contribution is 7.13. The van der Waals surface area contributed by atoms with Gasteiger partial charge in [-0.15, -0.1) is 11.3 Å². The Bertz CT molecular complexity index is 1230. The largest absolute Gasteiger partial charge is 0.467 e. The fourth-order valence-corrected chi connectivity index (χ4v) is 4.84. The van der Waals surface area contributed by atoms with Crippen LogP contribution >= 0.6 is 11.3 Å². The first kappa shape index (κ1) is 20.5. The number of likely N-dealkylation sites (tertiary alicyclic amines) is 1. The fraction of sp³-hybridized carbons (Fsp3) is 0.240. The molecule has 6 nitrogen and oxygen atoms in total. The minimum atomic E-state index is -0.0927. The molecule has 0 spiro atoms. The number of pyridine rings is 1. The van der Waals surface area contributed by atoms with Crippen molar-refractivity contribution in [1.29, 1.82) is 0 Å². The summed E-state index contributed by atoms with van der Waals surface area (Å²) in [6.07, 6.45) is 2.89. The number of thiophene rings is 1. The number of aromatic nitrogens is 1. The molecule has 0 atom stereocenters. The van der Waals surface area contributed by atoms with Crippen molar-refractivity contribution >= 4 is 34.1 Å². The fourth-order valence-electron chi connectivity index (χ4n) is 4.15. The number of nitrogens with zero attached hydrogens (tertiary/aromatic N) is 2. The summed E-state index contributed by atoms with van der Waals surface area (Å²) in [5.74, 6) is 0.653. The van der Waals surface area contributed by atoms with Gasteiger partial charge in [0.15, 0.2) is 0 Å². The minimum absolute atomic E-state index is 0.00384. The number of fused-ring (bicyclic) bond motifs is 1.